The zero-order valence-corrected chi connectivity index (χ0v) is 21.4. The molecule has 2 amide bonds. The number of hydrogen-bond acceptors (Lipinski definition) is 5. The van der Waals surface area contributed by atoms with Crippen LogP contribution in [0.1, 0.15) is 38.4 Å². The van der Waals surface area contributed by atoms with Gasteiger partial charge in [0.15, 0.2) is 0 Å². The van der Waals surface area contributed by atoms with Crippen molar-refractivity contribution in [2.75, 3.05) is 33.9 Å². The van der Waals surface area contributed by atoms with Gasteiger partial charge in [0.25, 0.3) is 11.8 Å². The first-order valence-electron chi connectivity index (χ1n) is 12.6. The third kappa shape index (κ3) is 5.71. The first-order valence-corrected chi connectivity index (χ1v) is 12.6. The molecule has 5 rings (SSSR count). The Morgan fingerprint density at radius 3 is 1.87 bits per heavy atom. The summed E-state index contributed by atoms with van der Waals surface area (Å²) in [6.07, 6.45) is 2.31. The summed E-state index contributed by atoms with van der Waals surface area (Å²) in [6, 6.07) is 22.4. The van der Waals surface area contributed by atoms with Gasteiger partial charge in [-0.05, 0) is 98.6 Å². The molecule has 2 heterocycles. The van der Waals surface area contributed by atoms with Crippen molar-refractivity contribution in [3.05, 3.63) is 101 Å². The zero-order chi connectivity index (χ0) is 26.6. The Morgan fingerprint density at radius 2 is 1.37 bits per heavy atom. The Bertz CT molecular complexity index is 1410. The van der Waals surface area contributed by atoms with Crippen molar-refractivity contribution in [3.8, 4) is 0 Å². The molecule has 0 spiro atoms. The second kappa shape index (κ2) is 10.8. The highest BCUT2D eigenvalue weighted by atomic mass is 16.3. The second-order valence-electron chi connectivity index (χ2n) is 9.60. The van der Waals surface area contributed by atoms with Crippen molar-refractivity contribution in [3.63, 3.8) is 0 Å². The van der Waals surface area contributed by atoms with Gasteiger partial charge in [-0.1, -0.05) is 0 Å². The number of aryl methyl sites for hydroxylation is 2. The number of amides is 2. The molecule has 1 aliphatic rings. The number of carbonyl (C=O) groups excluding carboxylic acids is 2. The van der Waals surface area contributed by atoms with E-state index in [1.807, 2.05) is 80.7 Å². The van der Waals surface area contributed by atoms with E-state index in [2.05, 4.69) is 25.8 Å². The Morgan fingerprint density at radius 1 is 0.816 bits per heavy atom. The SMILES string of the molecule is Cc1c[nH]c(C)c1C(=O)Nc1ccc(Nc2ccc(NC(=O)c3ccc(N4CC[C@@H](O)C4)cc3)cc2)cc1. The van der Waals surface area contributed by atoms with E-state index in [1.165, 1.54) is 0 Å². The molecule has 38 heavy (non-hydrogen) atoms. The van der Waals surface area contributed by atoms with Gasteiger partial charge >= 0.3 is 0 Å². The van der Waals surface area contributed by atoms with Crippen molar-refractivity contribution < 1.29 is 14.7 Å². The molecule has 0 radical (unpaired) electrons. The standard InChI is InChI=1S/C30H31N5O3/c1-19-17-31-20(2)28(19)30(38)34-25-11-7-23(8-12-25)32-22-5-9-24(10-6-22)33-29(37)21-3-13-26(14-4-21)35-16-15-27(36)18-35/h3-14,17,27,31-32,36H,15-16,18H2,1-2H3,(H,33,37)(H,34,38)/t27-/m1/s1. The van der Waals surface area contributed by atoms with Gasteiger partial charge < -0.3 is 30.9 Å². The van der Waals surface area contributed by atoms with E-state index >= 15 is 0 Å². The molecule has 8 heteroatoms. The minimum absolute atomic E-state index is 0.137. The predicted molar refractivity (Wildman–Crippen MR) is 152 cm³/mol. The van der Waals surface area contributed by atoms with Crippen LogP contribution >= 0.6 is 0 Å². The third-order valence-corrected chi connectivity index (χ3v) is 6.73. The number of aromatic amines is 1. The van der Waals surface area contributed by atoms with Crippen LogP contribution in [0.25, 0.3) is 0 Å². The molecule has 0 unspecified atom stereocenters. The van der Waals surface area contributed by atoms with Crippen LogP contribution in [-0.2, 0) is 0 Å². The minimum atomic E-state index is -0.286. The molecule has 0 saturated carbocycles. The van der Waals surface area contributed by atoms with Crippen LogP contribution in [-0.4, -0.2) is 41.1 Å². The average Bonchev–Trinajstić information content (AvgIpc) is 3.50. The van der Waals surface area contributed by atoms with Gasteiger partial charge in [0.1, 0.15) is 0 Å². The molecule has 0 aliphatic carbocycles. The number of nitrogens with zero attached hydrogens (tertiary/aromatic N) is 1. The fourth-order valence-electron chi connectivity index (χ4n) is 4.64. The summed E-state index contributed by atoms with van der Waals surface area (Å²) in [4.78, 5) is 30.5. The lowest BCUT2D eigenvalue weighted by Crippen LogP contribution is -2.21. The Labute approximate surface area is 221 Å². The summed E-state index contributed by atoms with van der Waals surface area (Å²) >= 11 is 0. The number of benzene rings is 3. The number of nitrogens with one attached hydrogen (secondary N) is 4. The van der Waals surface area contributed by atoms with Crippen LogP contribution in [0.2, 0.25) is 0 Å². The van der Waals surface area contributed by atoms with E-state index in [-0.39, 0.29) is 17.9 Å². The number of H-pyrrole nitrogens is 1. The van der Waals surface area contributed by atoms with Gasteiger partial charge in [0.2, 0.25) is 0 Å². The highest BCUT2D eigenvalue weighted by Gasteiger charge is 2.20. The van der Waals surface area contributed by atoms with Crippen molar-refractivity contribution in [1.82, 2.24) is 4.98 Å². The monoisotopic (exact) mass is 509 g/mol. The number of aliphatic hydroxyl groups excluding tert-OH is 1. The predicted octanol–water partition coefficient (Wildman–Crippen LogP) is 5.45. The Balaban J connectivity index is 1.14. The minimum Gasteiger partial charge on any atom is -0.391 e. The molecule has 194 valence electrons. The lowest BCUT2D eigenvalue weighted by Gasteiger charge is -2.18. The number of anilines is 5. The normalized spacial score (nSPS) is 14.8. The van der Waals surface area contributed by atoms with Crippen molar-refractivity contribution in [1.29, 1.82) is 0 Å². The summed E-state index contributed by atoms with van der Waals surface area (Å²) in [6.45, 7) is 5.23. The maximum Gasteiger partial charge on any atom is 0.257 e. The van der Waals surface area contributed by atoms with Crippen LogP contribution in [0.4, 0.5) is 28.4 Å². The van der Waals surface area contributed by atoms with E-state index in [1.54, 1.807) is 12.1 Å². The van der Waals surface area contributed by atoms with E-state index in [0.717, 1.165) is 41.3 Å². The topological polar surface area (TPSA) is 109 Å². The van der Waals surface area contributed by atoms with E-state index in [9.17, 15) is 14.7 Å². The molecular weight excluding hydrogens is 478 g/mol. The first-order chi connectivity index (χ1) is 18.4. The Hall–Kier alpha value is -4.56. The molecule has 4 aromatic rings. The number of β-amino-alcohol motifs (C(OH)–C–C–N with tert-alkyl or cyclic N) is 1. The van der Waals surface area contributed by atoms with Gasteiger partial charge in [0.05, 0.1) is 11.7 Å². The van der Waals surface area contributed by atoms with Crippen LogP contribution < -0.4 is 20.9 Å². The lowest BCUT2D eigenvalue weighted by molar-refractivity contribution is 0.101. The molecule has 1 atom stereocenters. The maximum absolute atomic E-state index is 12.7. The largest absolute Gasteiger partial charge is 0.391 e. The summed E-state index contributed by atoms with van der Waals surface area (Å²) < 4.78 is 0. The first kappa shape index (κ1) is 25.1. The number of hydrogen-bond donors (Lipinski definition) is 5. The summed E-state index contributed by atoms with van der Waals surface area (Å²) in [5.41, 5.74) is 7.16. The molecule has 8 nitrogen and oxygen atoms in total. The average molecular weight is 510 g/mol. The molecule has 1 aliphatic heterocycles. The van der Waals surface area contributed by atoms with Crippen molar-refractivity contribution in [2.24, 2.45) is 0 Å². The molecule has 1 aromatic heterocycles. The number of carbonyl (C=O) groups is 2. The lowest BCUT2D eigenvalue weighted by atomic mass is 10.1. The van der Waals surface area contributed by atoms with Crippen LogP contribution in [0.5, 0.6) is 0 Å². The summed E-state index contributed by atoms with van der Waals surface area (Å²) in [5.74, 6) is -0.316. The molecule has 0 bridgehead atoms. The number of rotatable bonds is 7. The third-order valence-electron chi connectivity index (χ3n) is 6.73. The number of aliphatic hydroxyl groups is 1. The van der Waals surface area contributed by atoms with Crippen LogP contribution in [0, 0.1) is 13.8 Å². The second-order valence-corrected chi connectivity index (χ2v) is 9.60. The van der Waals surface area contributed by atoms with Gasteiger partial charge in [-0.3, -0.25) is 9.59 Å². The van der Waals surface area contributed by atoms with Crippen molar-refractivity contribution in [2.45, 2.75) is 26.4 Å². The maximum atomic E-state index is 12.7. The zero-order valence-electron chi connectivity index (χ0n) is 21.4. The van der Waals surface area contributed by atoms with E-state index < -0.39 is 0 Å². The molecular formula is C30H31N5O3. The van der Waals surface area contributed by atoms with Crippen molar-refractivity contribution >= 4 is 40.3 Å². The summed E-state index contributed by atoms with van der Waals surface area (Å²) in [5, 5.41) is 18.9. The number of aromatic nitrogens is 1. The Kier molecular flexibility index (Phi) is 7.15. The smallest absolute Gasteiger partial charge is 0.257 e. The molecule has 3 aromatic carbocycles. The van der Waals surface area contributed by atoms with Crippen LogP contribution in [0.15, 0.2) is 79.0 Å². The highest BCUT2D eigenvalue weighted by Crippen LogP contribution is 2.24. The fourth-order valence-corrected chi connectivity index (χ4v) is 4.64. The van der Waals surface area contributed by atoms with Crippen LogP contribution in [0.3, 0.4) is 0 Å². The van der Waals surface area contributed by atoms with Gasteiger partial charge in [0, 0.05) is 59.0 Å². The fraction of sp³-hybridized carbons (Fsp3) is 0.200. The molecule has 1 saturated heterocycles. The molecule has 5 N–H and O–H groups in total. The molecule has 1 fully saturated rings. The quantitative estimate of drug-likeness (QED) is 0.228. The van der Waals surface area contributed by atoms with Gasteiger partial charge in [-0.2, -0.15) is 0 Å². The van der Waals surface area contributed by atoms with Gasteiger partial charge in [-0.25, -0.2) is 0 Å². The van der Waals surface area contributed by atoms with Gasteiger partial charge in [-0.15, -0.1) is 0 Å². The highest BCUT2D eigenvalue weighted by molar-refractivity contribution is 6.06. The summed E-state index contributed by atoms with van der Waals surface area (Å²) in [7, 11) is 0. The van der Waals surface area contributed by atoms with E-state index in [0.29, 0.717) is 29.0 Å². The van der Waals surface area contributed by atoms with E-state index in [4.69, 9.17) is 0 Å².